The number of carbonyl (C=O) groups excluding carboxylic acids is 2. The van der Waals surface area contributed by atoms with Crippen molar-refractivity contribution in [1.29, 1.82) is 0 Å². The Morgan fingerprint density at radius 3 is 1.47 bits per heavy atom. The van der Waals surface area contributed by atoms with E-state index in [1.165, 1.54) is 141 Å². The number of imidazole rings is 1. The second-order valence-corrected chi connectivity index (χ2v) is 16.6. The van der Waals surface area contributed by atoms with Crippen molar-refractivity contribution in [3.8, 4) is 0 Å². The fourth-order valence-corrected chi connectivity index (χ4v) is 7.66. The number of esters is 2. The van der Waals surface area contributed by atoms with Gasteiger partial charge in [0.15, 0.2) is 0 Å². The standard InChI is InChI=1S/C48H91N3O4/c1-4-7-10-13-18-24-31-43-54-47(52)36-28-21-16-17-22-29-38-50(40-33-41-51-42-37-49-45-51)39-30-23-25-32-44-55-48(53)46(34-26-19-14-11-8-5-2)35-27-20-15-12-9-6-3/h37,42,45-46H,4-36,38-41,43-44H2,1-3H3. The molecule has 7 heteroatoms. The van der Waals surface area contributed by atoms with Crippen LogP contribution in [0, 0.1) is 5.92 Å². The van der Waals surface area contributed by atoms with E-state index in [9.17, 15) is 9.59 Å². The molecule has 322 valence electrons. The minimum absolute atomic E-state index is 0.00965. The van der Waals surface area contributed by atoms with E-state index < -0.39 is 0 Å². The summed E-state index contributed by atoms with van der Waals surface area (Å²) in [5, 5.41) is 0. The number of hydrogen-bond acceptors (Lipinski definition) is 6. The van der Waals surface area contributed by atoms with Crippen LogP contribution in [0.2, 0.25) is 0 Å². The van der Waals surface area contributed by atoms with Gasteiger partial charge in [0.05, 0.1) is 25.5 Å². The molecule has 55 heavy (non-hydrogen) atoms. The van der Waals surface area contributed by atoms with Crippen LogP contribution in [-0.2, 0) is 25.6 Å². The lowest BCUT2D eigenvalue weighted by Crippen LogP contribution is -2.28. The second kappa shape index (κ2) is 40.3. The zero-order valence-electron chi connectivity index (χ0n) is 36.9. The summed E-state index contributed by atoms with van der Waals surface area (Å²) in [5.74, 6) is 0.161. The van der Waals surface area contributed by atoms with Crippen LogP contribution in [-0.4, -0.2) is 59.2 Å². The summed E-state index contributed by atoms with van der Waals surface area (Å²) in [4.78, 5) is 32.0. The molecule has 0 bridgehead atoms. The van der Waals surface area contributed by atoms with Crippen molar-refractivity contribution in [2.24, 2.45) is 5.92 Å². The molecule has 0 saturated carbocycles. The molecule has 0 aliphatic rings. The smallest absolute Gasteiger partial charge is 0.308 e. The number of carbonyl (C=O) groups is 2. The van der Waals surface area contributed by atoms with E-state index in [4.69, 9.17) is 9.47 Å². The van der Waals surface area contributed by atoms with Crippen molar-refractivity contribution in [1.82, 2.24) is 14.5 Å². The maximum atomic E-state index is 13.1. The normalized spacial score (nSPS) is 11.6. The predicted octanol–water partition coefficient (Wildman–Crippen LogP) is 13.8. The van der Waals surface area contributed by atoms with Crippen LogP contribution in [0.15, 0.2) is 18.7 Å². The van der Waals surface area contributed by atoms with Gasteiger partial charge in [0.2, 0.25) is 0 Å². The Labute approximate surface area is 341 Å². The van der Waals surface area contributed by atoms with Gasteiger partial charge in [-0.05, 0) is 71.0 Å². The molecular formula is C48H91N3O4. The van der Waals surface area contributed by atoms with Gasteiger partial charge in [0.25, 0.3) is 0 Å². The molecule has 0 radical (unpaired) electrons. The summed E-state index contributed by atoms with van der Waals surface area (Å²) >= 11 is 0. The first kappa shape index (κ1) is 51.1. The fourth-order valence-electron chi connectivity index (χ4n) is 7.66. The van der Waals surface area contributed by atoms with Crippen LogP contribution in [0.4, 0.5) is 0 Å². The highest BCUT2D eigenvalue weighted by Gasteiger charge is 2.19. The maximum Gasteiger partial charge on any atom is 0.308 e. The minimum atomic E-state index is -0.00965. The Hall–Kier alpha value is -1.89. The third-order valence-electron chi connectivity index (χ3n) is 11.3. The third-order valence-corrected chi connectivity index (χ3v) is 11.3. The van der Waals surface area contributed by atoms with Crippen LogP contribution in [0.3, 0.4) is 0 Å². The number of aromatic nitrogens is 2. The second-order valence-electron chi connectivity index (χ2n) is 16.6. The van der Waals surface area contributed by atoms with Crippen LogP contribution < -0.4 is 0 Å². The Balaban J connectivity index is 2.25. The van der Waals surface area contributed by atoms with E-state index in [0.29, 0.717) is 19.6 Å². The lowest BCUT2D eigenvalue weighted by Gasteiger charge is -2.22. The first-order chi connectivity index (χ1) is 27.1. The molecule has 1 rings (SSSR count). The summed E-state index contributed by atoms with van der Waals surface area (Å²) in [6.07, 6.45) is 45.1. The third kappa shape index (κ3) is 33.9. The van der Waals surface area contributed by atoms with Crippen molar-refractivity contribution in [3.05, 3.63) is 18.7 Å². The highest BCUT2D eigenvalue weighted by molar-refractivity contribution is 5.72. The van der Waals surface area contributed by atoms with Crippen molar-refractivity contribution in [2.45, 2.75) is 239 Å². The monoisotopic (exact) mass is 774 g/mol. The summed E-state index contributed by atoms with van der Waals surface area (Å²) in [6.45, 7) is 12.4. The zero-order chi connectivity index (χ0) is 39.7. The number of aryl methyl sites for hydroxylation is 1. The topological polar surface area (TPSA) is 73.7 Å². The fraction of sp³-hybridized carbons (Fsp3) is 0.896. The van der Waals surface area contributed by atoms with Crippen molar-refractivity contribution < 1.29 is 19.1 Å². The van der Waals surface area contributed by atoms with E-state index in [1.807, 2.05) is 12.5 Å². The van der Waals surface area contributed by atoms with Crippen LogP contribution in [0.5, 0.6) is 0 Å². The van der Waals surface area contributed by atoms with Crippen molar-refractivity contribution in [3.63, 3.8) is 0 Å². The highest BCUT2D eigenvalue weighted by Crippen LogP contribution is 2.21. The summed E-state index contributed by atoms with van der Waals surface area (Å²) in [6, 6.07) is 0. The van der Waals surface area contributed by atoms with E-state index in [-0.39, 0.29) is 17.9 Å². The molecule has 1 aromatic rings. The molecule has 0 fully saturated rings. The molecule has 1 heterocycles. The Bertz CT molecular complexity index is 924. The van der Waals surface area contributed by atoms with Crippen molar-refractivity contribution in [2.75, 3.05) is 32.8 Å². The quantitative estimate of drug-likeness (QED) is 0.0486. The molecular weight excluding hydrogens is 683 g/mol. The maximum absolute atomic E-state index is 13.1. The zero-order valence-corrected chi connectivity index (χ0v) is 36.9. The molecule has 1 aromatic heterocycles. The highest BCUT2D eigenvalue weighted by atomic mass is 16.5. The number of hydrogen-bond donors (Lipinski definition) is 0. The van der Waals surface area contributed by atoms with Crippen LogP contribution >= 0.6 is 0 Å². The summed E-state index contributed by atoms with van der Waals surface area (Å²) in [5.41, 5.74) is 0. The number of ether oxygens (including phenoxy) is 2. The predicted molar refractivity (Wildman–Crippen MR) is 233 cm³/mol. The summed E-state index contributed by atoms with van der Waals surface area (Å²) < 4.78 is 13.5. The van der Waals surface area contributed by atoms with E-state index in [1.54, 1.807) is 0 Å². The molecule has 0 atom stereocenters. The molecule has 0 aliphatic carbocycles. The lowest BCUT2D eigenvalue weighted by molar-refractivity contribution is -0.149. The van der Waals surface area contributed by atoms with Gasteiger partial charge in [-0.15, -0.1) is 0 Å². The lowest BCUT2D eigenvalue weighted by atomic mass is 9.94. The van der Waals surface area contributed by atoms with Crippen LogP contribution in [0.25, 0.3) is 0 Å². The molecule has 0 saturated heterocycles. The Kier molecular flexibility index (Phi) is 37.5. The number of nitrogens with zero attached hydrogens (tertiary/aromatic N) is 3. The molecule has 0 amide bonds. The van der Waals surface area contributed by atoms with Gasteiger partial charge in [-0.1, -0.05) is 175 Å². The van der Waals surface area contributed by atoms with Gasteiger partial charge in [-0.2, -0.15) is 0 Å². The number of unbranched alkanes of at least 4 members (excludes halogenated alkanes) is 24. The molecule has 0 N–H and O–H groups in total. The van der Waals surface area contributed by atoms with Gasteiger partial charge in [0, 0.05) is 25.4 Å². The van der Waals surface area contributed by atoms with Gasteiger partial charge in [0.1, 0.15) is 0 Å². The average molecular weight is 774 g/mol. The van der Waals surface area contributed by atoms with E-state index in [0.717, 1.165) is 90.4 Å². The van der Waals surface area contributed by atoms with Gasteiger partial charge >= 0.3 is 11.9 Å². The van der Waals surface area contributed by atoms with Crippen LogP contribution in [0.1, 0.15) is 233 Å². The molecule has 0 spiro atoms. The van der Waals surface area contributed by atoms with Gasteiger partial charge < -0.3 is 18.9 Å². The van der Waals surface area contributed by atoms with E-state index in [2.05, 4.69) is 41.4 Å². The molecule has 0 unspecified atom stereocenters. The Morgan fingerprint density at radius 1 is 0.527 bits per heavy atom. The summed E-state index contributed by atoms with van der Waals surface area (Å²) in [7, 11) is 0. The van der Waals surface area contributed by atoms with Gasteiger partial charge in [-0.3, -0.25) is 9.59 Å². The molecule has 0 aliphatic heterocycles. The average Bonchev–Trinajstić information content (AvgIpc) is 3.71. The number of rotatable bonds is 43. The van der Waals surface area contributed by atoms with E-state index >= 15 is 0 Å². The van der Waals surface area contributed by atoms with Gasteiger partial charge in [-0.25, -0.2) is 4.98 Å². The first-order valence-corrected chi connectivity index (χ1v) is 24.1. The SMILES string of the molecule is CCCCCCCCCOC(=O)CCCCCCCCN(CCCCCCOC(=O)C(CCCCCCCC)CCCCCCCC)CCCn1ccnc1. The molecule has 7 nitrogen and oxygen atoms in total. The molecule has 0 aromatic carbocycles. The minimum Gasteiger partial charge on any atom is -0.466 e. The first-order valence-electron chi connectivity index (χ1n) is 24.1. The van der Waals surface area contributed by atoms with Crippen molar-refractivity contribution >= 4 is 11.9 Å². The Morgan fingerprint density at radius 2 is 0.964 bits per heavy atom. The largest absolute Gasteiger partial charge is 0.466 e.